The average Bonchev–Trinajstić information content (AvgIpc) is 2.95. The van der Waals surface area contributed by atoms with E-state index in [1.165, 1.54) is 24.8 Å². The average molecular weight is 276 g/mol. The lowest BCUT2D eigenvalue weighted by Crippen LogP contribution is -2.37. The van der Waals surface area contributed by atoms with Gasteiger partial charge in [-0.15, -0.1) is 0 Å². The number of ether oxygens (including phenoxy) is 1. The Morgan fingerprint density at radius 3 is 2.65 bits per heavy atom. The Morgan fingerprint density at radius 2 is 2.00 bits per heavy atom. The van der Waals surface area contributed by atoms with E-state index < -0.39 is 0 Å². The van der Waals surface area contributed by atoms with Crippen LogP contribution in [-0.2, 0) is 6.54 Å². The fraction of sp³-hybridized carbons (Fsp3) is 0.647. The highest BCUT2D eigenvalue weighted by molar-refractivity contribution is 5.27. The minimum atomic E-state index is 0.649. The molecule has 0 spiro atoms. The molecule has 1 saturated carbocycles. The minimum Gasteiger partial charge on any atom is -0.494 e. The van der Waals surface area contributed by atoms with Crippen LogP contribution in [0.5, 0.6) is 5.75 Å². The van der Waals surface area contributed by atoms with E-state index in [1.54, 1.807) is 0 Å². The molecule has 0 aromatic heterocycles. The minimum absolute atomic E-state index is 0.649. The highest BCUT2D eigenvalue weighted by Gasteiger charge is 2.29. The van der Waals surface area contributed by atoms with E-state index in [2.05, 4.69) is 43.1 Å². The van der Waals surface area contributed by atoms with E-state index >= 15 is 0 Å². The third-order valence-corrected chi connectivity index (χ3v) is 4.32. The third-order valence-electron chi connectivity index (χ3n) is 4.32. The molecule has 0 radical (unpaired) electrons. The summed E-state index contributed by atoms with van der Waals surface area (Å²) in [6, 6.07) is 9.15. The smallest absolute Gasteiger partial charge is 0.119 e. The van der Waals surface area contributed by atoms with Gasteiger partial charge >= 0.3 is 0 Å². The zero-order valence-corrected chi connectivity index (χ0v) is 12.8. The molecular formula is C17H28N2O. The van der Waals surface area contributed by atoms with Crippen LogP contribution in [-0.4, -0.2) is 31.1 Å². The number of hydrogen-bond donors (Lipinski definition) is 1. The molecule has 1 fully saturated rings. The van der Waals surface area contributed by atoms with Gasteiger partial charge in [0.2, 0.25) is 0 Å². The molecule has 3 nitrogen and oxygen atoms in total. The lowest BCUT2D eigenvalue weighted by molar-refractivity contribution is 0.193. The quantitative estimate of drug-likeness (QED) is 0.832. The van der Waals surface area contributed by atoms with Gasteiger partial charge in [-0.1, -0.05) is 25.5 Å². The summed E-state index contributed by atoms with van der Waals surface area (Å²) < 4.78 is 5.62. The van der Waals surface area contributed by atoms with Crippen molar-refractivity contribution in [2.45, 2.75) is 45.2 Å². The van der Waals surface area contributed by atoms with Crippen LogP contribution in [0.25, 0.3) is 0 Å². The van der Waals surface area contributed by atoms with Crippen LogP contribution >= 0.6 is 0 Å². The van der Waals surface area contributed by atoms with Crippen molar-refractivity contribution < 1.29 is 4.74 Å². The summed E-state index contributed by atoms with van der Waals surface area (Å²) in [5, 5.41) is 0. The van der Waals surface area contributed by atoms with Crippen molar-refractivity contribution in [1.29, 1.82) is 0 Å². The normalized spacial score (nSPS) is 22.4. The molecule has 112 valence electrons. The molecule has 3 heteroatoms. The topological polar surface area (TPSA) is 38.5 Å². The molecule has 2 N–H and O–H groups in total. The number of nitrogens with zero attached hydrogens (tertiary/aromatic N) is 1. The molecule has 2 unspecified atom stereocenters. The molecule has 1 aliphatic carbocycles. The third kappa shape index (κ3) is 3.97. The van der Waals surface area contributed by atoms with E-state index in [0.717, 1.165) is 31.9 Å². The molecule has 20 heavy (non-hydrogen) atoms. The first kappa shape index (κ1) is 15.3. The Morgan fingerprint density at radius 1 is 1.25 bits per heavy atom. The highest BCUT2D eigenvalue weighted by Crippen LogP contribution is 2.29. The Labute approximate surface area is 123 Å². The van der Waals surface area contributed by atoms with E-state index in [-0.39, 0.29) is 0 Å². The molecule has 0 amide bonds. The molecular weight excluding hydrogens is 248 g/mol. The van der Waals surface area contributed by atoms with Crippen LogP contribution in [0.2, 0.25) is 0 Å². The highest BCUT2D eigenvalue weighted by atomic mass is 16.5. The molecule has 2 atom stereocenters. The molecule has 0 bridgehead atoms. The first-order valence-electron chi connectivity index (χ1n) is 7.86. The molecule has 1 aliphatic rings. The summed E-state index contributed by atoms with van der Waals surface area (Å²) in [6.45, 7) is 4.73. The Hall–Kier alpha value is -1.06. The monoisotopic (exact) mass is 276 g/mol. The number of rotatable bonds is 7. The van der Waals surface area contributed by atoms with Gasteiger partial charge in [-0.25, -0.2) is 0 Å². The second-order valence-corrected chi connectivity index (χ2v) is 5.90. The Bertz CT molecular complexity index is 390. The molecule has 1 aromatic rings. The summed E-state index contributed by atoms with van der Waals surface area (Å²) in [4.78, 5) is 2.46. The van der Waals surface area contributed by atoms with Gasteiger partial charge in [-0.3, -0.25) is 4.90 Å². The SMILES string of the molecule is CCCOc1ccc(CN(C)C2CCCC2CN)cc1. The molecule has 1 aromatic carbocycles. The largest absolute Gasteiger partial charge is 0.494 e. The van der Waals surface area contributed by atoms with Crippen molar-refractivity contribution in [1.82, 2.24) is 4.90 Å². The number of hydrogen-bond acceptors (Lipinski definition) is 3. The zero-order chi connectivity index (χ0) is 14.4. The van der Waals surface area contributed by atoms with Crippen LogP contribution in [0.4, 0.5) is 0 Å². The summed E-state index contributed by atoms with van der Waals surface area (Å²) >= 11 is 0. The summed E-state index contributed by atoms with van der Waals surface area (Å²) in [5.41, 5.74) is 7.22. The van der Waals surface area contributed by atoms with Gasteiger partial charge < -0.3 is 10.5 Å². The van der Waals surface area contributed by atoms with Gasteiger partial charge in [0.15, 0.2) is 0 Å². The zero-order valence-electron chi connectivity index (χ0n) is 12.8. The van der Waals surface area contributed by atoms with Gasteiger partial charge in [0, 0.05) is 12.6 Å². The number of benzene rings is 1. The predicted molar refractivity (Wildman–Crippen MR) is 83.9 cm³/mol. The fourth-order valence-electron chi connectivity index (χ4n) is 3.19. The summed E-state index contributed by atoms with van der Waals surface area (Å²) in [7, 11) is 2.22. The van der Waals surface area contributed by atoms with Crippen LogP contribution in [0.1, 0.15) is 38.2 Å². The van der Waals surface area contributed by atoms with Crippen molar-refractivity contribution in [3.63, 3.8) is 0 Å². The molecule has 2 rings (SSSR count). The van der Waals surface area contributed by atoms with E-state index in [0.29, 0.717) is 12.0 Å². The second kappa shape index (κ2) is 7.65. The van der Waals surface area contributed by atoms with Gasteiger partial charge in [-0.2, -0.15) is 0 Å². The van der Waals surface area contributed by atoms with Gasteiger partial charge in [0.05, 0.1) is 6.61 Å². The first-order chi connectivity index (χ1) is 9.74. The van der Waals surface area contributed by atoms with Crippen molar-refractivity contribution >= 4 is 0 Å². The van der Waals surface area contributed by atoms with Crippen molar-refractivity contribution in [3.8, 4) is 5.75 Å². The lowest BCUT2D eigenvalue weighted by Gasteiger charge is -2.29. The molecule has 0 aliphatic heterocycles. The van der Waals surface area contributed by atoms with Crippen LogP contribution in [0.15, 0.2) is 24.3 Å². The first-order valence-corrected chi connectivity index (χ1v) is 7.86. The predicted octanol–water partition coefficient (Wildman–Crippen LogP) is 3.03. The van der Waals surface area contributed by atoms with E-state index in [1.807, 2.05) is 0 Å². The van der Waals surface area contributed by atoms with Crippen LogP contribution in [0, 0.1) is 5.92 Å². The van der Waals surface area contributed by atoms with Crippen molar-refractivity contribution in [2.24, 2.45) is 11.7 Å². The van der Waals surface area contributed by atoms with Crippen molar-refractivity contribution in [3.05, 3.63) is 29.8 Å². The number of nitrogens with two attached hydrogens (primary N) is 1. The van der Waals surface area contributed by atoms with E-state index in [9.17, 15) is 0 Å². The maximum Gasteiger partial charge on any atom is 0.119 e. The van der Waals surface area contributed by atoms with Crippen LogP contribution in [0.3, 0.4) is 0 Å². The Kier molecular flexibility index (Phi) is 5.86. The van der Waals surface area contributed by atoms with E-state index in [4.69, 9.17) is 10.5 Å². The molecule has 0 saturated heterocycles. The van der Waals surface area contributed by atoms with Crippen LogP contribution < -0.4 is 10.5 Å². The Balaban J connectivity index is 1.89. The van der Waals surface area contributed by atoms with Gasteiger partial charge in [0.25, 0.3) is 0 Å². The van der Waals surface area contributed by atoms with Gasteiger partial charge in [0.1, 0.15) is 5.75 Å². The second-order valence-electron chi connectivity index (χ2n) is 5.90. The summed E-state index contributed by atoms with van der Waals surface area (Å²) in [6.07, 6.45) is 4.94. The molecule has 0 heterocycles. The van der Waals surface area contributed by atoms with Crippen molar-refractivity contribution in [2.75, 3.05) is 20.2 Å². The fourth-order valence-corrected chi connectivity index (χ4v) is 3.19. The maximum atomic E-state index is 5.88. The maximum absolute atomic E-state index is 5.88. The summed E-state index contributed by atoms with van der Waals surface area (Å²) in [5.74, 6) is 1.64. The lowest BCUT2D eigenvalue weighted by atomic mass is 10.0. The van der Waals surface area contributed by atoms with Gasteiger partial charge in [-0.05, 0) is 56.5 Å². The standard InChI is InChI=1S/C17H28N2O/c1-3-11-20-16-9-7-14(8-10-16)13-19(2)17-6-4-5-15(17)12-18/h7-10,15,17H,3-6,11-13,18H2,1-2H3.